The van der Waals surface area contributed by atoms with Crippen molar-refractivity contribution in [1.29, 1.82) is 0 Å². The highest BCUT2D eigenvalue weighted by molar-refractivity contribution is 5.97. The van der Waals surface area contributed by atoms with E-state index in [1.165, 1.54) is 0 Å². The number of allylic oxidation sites excluding steroid dienone is 5. The van der Waals surface area contributed by atoms with Gasteiger partial charge in [-0.15, -0.1) is 0 Å². The van der Waals surface area contributed by atoms with E-state index < -0.39 is 6.10 Å². The first-order valence-corrected chi connectivity index (χ1v) is 11.9. The van der Waals surface area contributed by atoms with Crippen molar-refractivity contribution < 1.29 is 19.4 Å². The van der Waals surface area contributed by atoms with Crippen molar-refractivity contribution >= 4 is 17.7 Å². The van der Waals surface area contributed by atoms with E-state index in [4.69, 9.17) is 14.6 Å². The average Bonchev–Trinajstić information content (AvgIpc) is 3.32. The number of carbonyl (C=O) groups excluding carboxylic acids is 1. The molecule has 3 aliphatic rings. The zero-order valence-electron chi connectivity index (χ0n) is 20.0. The summed E-state index contributed by atoms with van der Waals surface area (Å²) < 4.78 is 13.7. The predicted molar refractivity (Wildman–Crippen MR) is 132 cm³/mol. The summed E-state index contributed by atoms with van der Waals surface area (Å²) in [6, 6.07) is 3.98. The Hall–Kier alpha value is -3.32. The minimum atomic E-state index is -0.481. The van der Waals surface area contributed by atoms with Crippen LogP contribution in [0.15, 0.2) is 35.9 Å². The summed E-state index contributed by atoms with van der Waals surface area (Å²) in [7, 11) is 1.66. The number of aliphatic hydroxyl groups excluding tert-OH is 1. The fourth-order valence-electron chi connectivity index (χ4n) is 4.85. The molecule has 0 radical (unpaired) electrons. The van der Waals surface area contributed by atoms with Crippen LogP contribution in [0.5, 0.6) is 11.5 Å². The van der Waals surface area contributed by atoms with Gasteiger partial charge in [-0.05, 0) is 51.7 Å². The lowest BCUT2D eigenvalue weighted by Gasteiger charge is -2.22. The van der Waals surface area contributed by atoms with Gasteiger partial charge < -0.3 is 19.5 Å². The van der Waals surface area contributed by atoms with Crippen molar-refractivity contribution in [2.45, 2.75) is 52.2 Å². The number of methoxy groups -OCH3 is 1. The first-order valence-electron chi connectivity index (χ1n) is 11.9. The largest absolute Gasteiger partial charge is 0.496 e. The Morgan fingerprint density at radius 1 is 1.29 bits per heavy atom. The van der Waals surface area contributed by atoms with Crippen LogP contribution in [-0.4, -0.2) is 52.0 Å². The minimum Gasteiger partial charge on any atom is -0.496 e. The van der Waals surface area contributed by atoms with Gasteiger partial charge >= 0.3 is 0 Å². The molecule has 1 atom stereocenters. The van der Waals surface area contributed by atoms with E-state index in [2.05, 4.69) is 30.4 Å². The molecule has 34 heavy (non-hydrogen) atoms. The quantitative estimate of drug-likeness (QED) is 0.717. The summed E-state index contributed by atoms with van der Waals surface area (Å²) in [5, 5.41) is 14.8. The molecule has 0 spiro atoms. The van der Waals surface area contributed by atoms with Crippen LogP contribution in [0, 0.1) is 0 Å². The van der Waals surface area contributed by atoms with Gasteiger partial charge in [0.05, 0.1) is 24.6 Å². The number of aromatic nitrogens is 2. The third kappa shape index (κ3) is 4.05. The molecule has 1 aromatic carbocycles. The summed E-state index contributed by atoms with van der Waals surface area (Å²) in [5.41, 5.74) is 6.02. The van der Waals surface area contributed by atoms with Crippen molar-refractivity contribution in [1.82, 2.24) is 14.7 Å². The Balaban J connectivity index is 1.71. The maximum atomic E-state index is 13.5. The van der Waals surface area contributed by atoms with Crippen molar-refractivity contribution in [3.05, 3.63) is 52.8 Å². The van der Waals surface area contributed by atoms with E-state index in [0.29, 0.717) is 31.0 Å². The number of hydrogen-bond donors (Lipinski definition) is 1. The number of carbonyl (C=O) groups is 1. The number of amides is 1. The zero-order chi connectivity index (χ0) is 23.8. The predicted octanol–water partition coefficient (Wildman–Crippen LogP) is 4.66. The van der Waals surface area contributed by atoms with Crippen LogP contribution >= 0.6 is 0 Å². The standard InChI is InChI=1S/C27H31N3O4/c1-17(2)12-18-13-21-24(14-23(18)33-3)34-16-22-25(27(32)29-11-10-20(31)15-29)28-30(26(21)22)19-8-6-4-5-7-9-19/h6,8-9,12-14,20,31H,4-5,7,10-11,15-16H2,1-3H3. The molecule has 2 aromatic rings. The van der Waals surface area contributed by atoms with Crippen LogP contribution in [0.3, 0.4) is 0 Å². The molecule has 1 amide bonds. The molecule has 1 N–H and O–H groups in total. The van der Waals surface area contributed by atoms with Crippen molar-refractivity contribution in [3.63, 3.8) is 0 Å². The molecule has 1 unspecified atom stereocenters. The molecule has 1 saturated heterocycles. The second-order valence-corrected chi connectivity index (χ2v) is 9.34. The van der Waals surface area contributed by atoms with E-state index in [-0.39, 0.29) is 12.5 Å². The van der Waals surface area contributed by atoms with Crippen molar-refractivity contribution in [2.75, 3.05) is 20.2 Å². The van der Waals surface area contributed by atoms with Crippen LogP contribution in [0.25, 0.3) is 23.0 Å². The summed E-state index contributed by atoms with van der Waals surface area (Å²) in [5.74, 6) is 1.30. The second-order valence-electron chi connectivity index (χ2n) is 9.34. The Labute approximate surface area is 200 Å². The number of benzene rings is 1. The van der Waals surface area contributed by atoms with Gasteiger partial charge in [0.2, 0.25) is 0 Å². The Morgan fingerprint density at radius 2 is 2.15 bits per heavy atom. The molecule has 1 fully saturated rings. The second kappa shape index (κ2) is 9.14. The molecule has 2 aliphatic heterocycles. The van der Waals surface area contributed by atoms with Gasteiger partial charge in [0, 0.05) is 35.8 Å². The maximum Gasteiger partial charge on any atom is 0.274 e. The molecule has 0 saturated carbocycles. The van der Waals surface area contributed by atoms with E-state index in [0.717, 1.165) is 58.7 Å². The summed E-state index contributed by atoms with van der Waals surface area (Å²) in [6.07, 6.45) is 11.7. The van der Waals surface area contributed by atoms with Gasteiger partial charge in [0.1, 0.15) is 18.1 Å². The smallest absolute Gasteiger partial charge is 0.274 e. The number of ether oxygens (including phenoxy) is 2. The number of rotatable bonds is 4. The Morgan fingerprint density at radius 3 is 2.88 bits per heavy atom. The number of fused-ring (bicyclic) bond motifs is 3. The molecule has 0 bridgehead atoms. The van der Waals surface area contributed by atoms with Crippen LogP contribution < -0.4 is 9.47 Å². The molecular formula is C27H31N3O4. The van der Waals surface area contributed by atoms with Crippen LogP contribution in [0.2, 0.25) is 0 Å². The molecule has 1 aromatic heterocycles. The van der Waals surface area contributed by atoms with Crippen molar-refractivity contribution in [2.24, 2.45) is 0 Å². The topological polar surface area (TPSA) is 76.8 Å². The first kappa shape index (κ1) is 22.5. The third-order valence-corrected chi connectivity index (χ3v) is 6.50. The number of nitrogens with zero attached hydrogens (tertiary/aromatic N) is 3. The molecule has 7 nitrogen and oxygen atoms in total. The highest BCUT2D eigenvalue weighted by atomic mass is 16.5. The summed E-state index contributed by atoms with van der Waals surface area (Å²) >= 11 is 0. The normalized spacial score (nSPS) is 19.0. The van der Waals surface area contributed by atoms with Gasteiger partial charge in [-0.2, -0.15) is 5.10 Å². The molecule has 3 heterocycles. The summed E-state index contributed by atoms with van der Waals surface area (Å²) in [6.45, 7) is 5.22. The lowest BCUT2D eigenvalue weighted by Crippen LogP contribution is -2.31. The lowest BCUT2D eigenvalue weighted by atomic mass is 9.98. The first-order chi connectivity index (χ1) is 16.5. The number of β-amino-alcohol motifs (C(OH)–C–C–N with tert-alkyl or cyclic N) is 1. The molecule has 178 valence electrons. The van der Waals surface area contributed by atoms with Gasteiger partial charge in [-0.1, -0.05) is 23.8 Å². The number of likely N-dealkylation sites (tertiary alicyclic amines) is 1. The highest BCUT2D eigenvalue weighted by Gasteiger charge is 2.35. The molecule has 5 rings (SSSR count). The third-order valence-electron chi connectivity index (χ3n) is 6.50. The SMILES string of the molecule is COc1cc2c(cc1C=C(C)C)-c1c(c(C(=O)N3CCC(O)C3)nn1C1=CCCCC=C1)CO2. The van der Waals surface area contributed by atoms with Crippen LogP contribution in [0.1, 0.15) is 61.1 Å². The van der Waals surface area contributed by atoms with E-state index in [9.17, 15) is 9.90 Å². The fourth-order valence-corrected chi connectivity index (χ4v) is 4.85. The zero-order valence-corrected chi connectivity index (χ0v) is 20.0. The Bertz CT molecular complexity index is 1220. The van der Waals surface area contributed by atoms with E-state index in [1.807, 2.05) is 24.6 Å². The van der Waals surface area contributed by atoms with Gasteiger partial charge in [0.25, 0.3) is 5.91 Å². The maximum absolute atomic E-state index is 13.5. The monoisotopic (exact) mass is 461 g/mol. The minimum absolute atomic E-state index is 0.158. The van der Waals surface area contributed by atoms with Crippen molar-refractivity contribution in [3.8, 4) is 22.8 Å². The van der Waals surface area contributed by atoms with Gasteiger partial charge in [-0.3, -0.25) is 4.79 Å². The molecule has 7 heteroatoms. The number of hydrogen-bond acceptors (Lipinski definition) is 5. The highest BCUT2D eigenvalue weighted by Crippen LogP contribution is 2.44. The lowest BCUT2D eigenvalue weighted by molar-refractivity contribution is 0.0756. The van der Waals surface area contributed by atoms with Gasteiger partial charge in [0.15, 0.2) is 5.69 Å². The molecular weight excluding hydrogens is 430 g/mol. The van der Waals surface area contributed by atoms with E-state index in [1.54, 1.807) is 12.0 Å². The van der Waals surface area contributed by atoms with Crippen LogP contribution in [0.4, 0.5) is 0 Å². The van der Waals surface area contributed by atoms with Crippen LogP contribution in [-0.2, 0) is 6.61 Å². The number of aliphatic hydroxyl groups is 1. The Kier molecular flexibility index (Phi) is 6.04. The summed E-state index contributed by atoms with van der Waals surface area (Å²) in [4.78, 5) is 15.2. The van der Waals surface area contributed by atoms with E-state index >= 15 is 0 Å². The fraction of sp³-hybridized carbons (Fsp3) is 0.407. The average molecular weight is 462 g/mol. The van der Waals surface area contributed by atoms with Gasteiger partial charge in [-0.25, -0.2) is 4.68 Å². The molecule has 1 aliphatic carbocycles.